The summed E-state index contributed by atoms with van der Waals surface area (Å²) in [6.45, 7) is 10.1. The van der Waals surface area contributed by atoms with Gasteiger partial charge in [-0.05, 0) is 31.6 Å². The van der Waals surface area contributed by atoms with Gasteiger partial charge in [-0.3, -0.25) is 14.2 Å². The van der Waals surface area contributed by atoms with Gasteiger partial charge in [0.15, 0.2) is 5.16 Å². The van der Waals surface area contributed by atoms with Crippen LogP contribution in [0.5, 0.6) is 0 Å². The van der Waals surface area contributed by atoms with Crippen LogP contribution in [-0.2, 0) is 11.3 Å². The highest BCUT2D eigenvalue weighted by Crippen LogP contribution is 2.17. The van der Waals surface area contributed by atoms with Crippen molar-refractivity contribution in [3.63, 3.8) is 0 Å². The quantitative estimate of drug-likeness (QED) is 0.509. The number of fused-ring (bicyclic) bond motifs is 1. The van der Waals surface area contributed by atoms with Crippen LogP contribution in [-0.4, -0.2) is 52.3 Å². The summed E-state index contributed by atoms with van der Waals surface area (Å²) in [6.07, 6.45) is 0.902. The maximum atomic E-state index is 12.9. The molecule has 0 aliphatic rings. The van der Waals surface area contributed by atoms with Crippen molar-refractivity contribution in [1.29, 1.82) is 0 Å². The number of likely N-dealkylation sites (N-methyl/N-ethyl adjacent to an activating group) is 1. The minimum atomic E-state index is -0.0424. The number of nitrogens with zero attached hydrogens (tertiary/aromatic N) is 3. The van der Waals surface area contributed by atoms with Gasteiger partial charge in [-0.1, -0.05) is 44.7 Å². The van der Waals surface area contributed by atoms with Crippen molar-refractivity contribution in [1.82, 2.24) is 19.8 Å². The first-order valence-corrected chi connectivity index (χ1v) is 10.2. The number of aromatic nitrogens is 2. The zero-order valence-corrected chi connectivity index (χ0v) is 16.6. The third-order valence-corrected chi connectivity index (χ3v) is 5.24. The molecule has 1 aromatic carbocycles. The number of benzene rings is 1. The Labute approximate surface area is 159 Å². The second kappa shape index (κ2) is 10.3. The second-order valence-corrected chi connectivity index (χ2v) is 6.98. The third kappa shape index (κ3) is 5.32. The maximum Gasteiger partial charge on any atom is 0.262 e. The van der Waals surface area contributed by atoms with Crippen molar-refractivity contribution in [2.75, 3.05) is 31.9 Å². The van der Waals surface area contributed by atoms with E-state index in [1.165, 1.54) is 11.8 Å². The molecule has 1 aromatic heterocycles. The fourth-order valence-corrected chi connectivity index (χ4v) is 3.54. The molecule has 1 heterocycles. The standard InChI is InChI=1S/C19H28N4O2S/c1-4-11-20-17(24)14-26-19-21-16-10-8-7-9-15(16)18(25)23(19)13-12-22(5-2)6-3/h7-10H,4-6,11-14H2,1-3H3,(H,20,24). The molecule has 26 heavy (non-hydrogen) atoms. The summed E-state index contributed by atoms with van der Waals surface area (Å²) in [6, 6.07) is 7.37. The van der Waals surface area contributed by atoms with Crippen LogP contribution in [0.3, 0.4) is 0 Å². The van der Waals surface area contributed by atoms with Gasteiger partial charge in [0, 0.05) is 19.6 Å². The number of carbonyl (C=O) groups excluding carboxylic acids is 1. The molecule has 0 aliphatic heterocycles. The highest BCUT2D eigenvalue weighted by Gasteiger charge is 2.13. The zero-order valence-electron chi connectivity index (χ0n) is 15.8. The number of hydrogen-bond acceptors (Lipinski definition) is 5. The van der Waals surface area contributed by atoms with E-state index in [4.69, 9.17) is 0 Å². The van der Waals surface area contributed by atoms with E-state index in [1.807, 2.05) is 25.1 Å². The molecule has 2 aromatic rings. The van der Waals surface area contributed by atoms with Crippen LogP contribution in [0.2, 0.25) is 0 Å². The van der Waals surface area contributed by atoms with E-state index in [9.17, 15) is 9.59 Å². The summed E-state index contributed by atoms with van der Waals surface area (Å²) in [5.74, 6) is 0.227. The SMILES string of the molecule is CCCNC(=O)CSc1nc2ccccc2c(=O)n1CCN(CC)CC. The maximum absolute atomic E-state index is 12.9. The van der Waals surface area contributed by atoms with E-state index in [1.54, 1.807) is 10.6 Å². The number of thioether (sulfide) groups is 1. The Morgan fingerprint density at radius 1 is 1.23 bits per heavy atom. The number of hydrogen-bond donors (Lipinski definition) is 1. The number of rotatable bonds is 10. The molecule has 0 fully saturated rings. The highest BCUT2D eigenvalue weighted by atomic mass is 32.2. The van der Waals surface area contributed by atoms with Crippen LogP contribution >= 0.6 is 11.8 Å². The van der Waals surface area contributed by atoms with Gasteiger partial charge in [-0.2, -0.15) is 0 Å². The lowest BCUT2D eigenvalue weighted by atomic mass is 10.2. The molecule has 7 heteroatoms. The first-order valence-electron chi connectivity index (χ1n) is 9.22. The lowest BCUT2D eigenvalue weighted by Crippen LogP contribution is -2.32. The van der Waals surface area contributed by atoms with Gasteiger partial charge < -0.3 is 10.2 Å². The molecule has 142 valence electrons. The van der Waals surface area contributed by atoms with E-state index in [0.717, 1.165) is 26.1 Å². The van der Waals surface area contributed by atoms with Crippen LogP contribution in [0.25, 0.3) is 10.9 Å². The summed E-state index contributed by atoms with van der Waals surface area (Å²) in [4.78, 5) is 31.8. The van der Waals surface area contributed by atoms with Gasteiger partial charge in [-0.25, -0.2) is 4.98 Å². The fourth-order valence-electron chi connectivity index (χ4n) is 2.68. The Morgan fingerprint density at radius 3 is 2.65 bits per heavy atom. The molecule has 0 unspecified atom stereocenters. The van der Waals surface area contributed by atoms with Crippen molar-refractivity contribution < 1.29 is 4.79 Å². The molecule has 2 rings (SSSR count). The van der Waals surface area contributed by atoms with E-state index in [0.29, 0.717) is 29.1 Å². The highest BCUT2D eigenvalue weighted by molar-refractivity contribution is 7.99. The zero-order chi connectivity index (χ0) is 18.9. The van der Waals surface area contributed by atoms with Crippen LogP contribution in [0.1, 0.15) is 27.2 Å². The number of nitrogens with one attached hydrogen (secondary N) is 1. The van der Waals surface area contributed by atoms with Gasteiger partial charge in [0.05, 0.1) is 16.7 Å². The van der Waals surface area contributed by atoms with E-state index in [2.05, 4.69) is 29.0 Å². The Hall–Kier alpha value is -1.86. The lowest BCUT2D eigenvalue weighted by Gasteiger charge is -2.20. The van der Waals surface area contributed by atoms with Crippen molar-refractivity contribution >= 4 is 28.6 Å². The van der Waals surface area contributed by atoms with Crippen molar-refractivity contribution in [2.45, 2.75) is 38.9 Å². The minimum Gasteiger partial charge on any atom is -0.355 e. The fraction of sp³-hybridized carbons (Fsp3) is 0.526. The topological polar surface area (TPSA) is 67.2 Å². The average molecular weight is 377 g/mol. The van der Waals surface area contributed by atoms with Gasteiger partial charge in [0.25, 0.3) is 5.56 Å². The third-order valence-electron chi connectivity index (χ3n) is 4.27. The van der Waals surface area contributed by atoms with Crippen molar-refractivity contribution in [3.05, 3.63) is 34.6 Å². The summed E-state index contributed by atoms with van der Waals surface area (Å²) in [5.41, 5.74) is 0.632. The van der Waals surface area contributed by atoms with Crippen LogP contribution in [0.4, 0.5) is 0 Å². The second-order valence-electron chi connectivity index (χ2n) is 6.03. The molecule has 0 aliphatic carbocycles. The molecule has 0 saturated heterocycles. The van der Waals surface area contributed by atoms with Crippen LogP contribution in [0, 0.1) is 0 Å². The molecule has 6 nitrogen and oxygen atoms in total. The first kappa shape index (κ1) is 20.5. The molecular formula is C19H28N4O2S. The predicted octanol–water partition coefficient (Wildman–Crippen LogP) is 2.36. The summed E-state index contributed by atoms with van der Waals surface area (Å²) in [5, 5.41) is 4.08. The monoisotopic (exact) mass is 376 g/mol. The van der Waals surface area contributed by atoms with Crippen LogP contribution in [0.15, 0.2) is 34.2 Å². The van der Waals surface area contributed by atoms with Gasteiger partial charge in [-0.15, -0.1) is 0 Å². The number of amides is 1. The Balaban J connectivity index is 2.28. The largest absolute Gasteiger partial charge is 0.355 e. The summed E-state index contributed by atoms with van der Waals surface area (Å²) < 4.78 is 1.71. The first-order chi connectivity index (χ1) is 12.6. The molecule has 0 bridgehead atoms. The molecule has 0 radical (unpaired) electrons. The van der Waals surface area contributed by atoms with Gasteiger partial charge >= 0.3 is 0 Å². The average Bonchev–Trinajstić information content (AvgIpc) is 2.67. The smallest absolute Gasteiger partial charge is 0.262 e. The van der Waals surface area contributed by atoms with Gasteiger partial charge in [0.1, 0.15) is 0 Å². The van der Waals surface area contributed by atoms with Gasteiger partial charge in [0.2, 0.25) is 5.91 Å². The number of para-hydroxylation sites is 1. The number of carbonyl (C=O) groups is 1. The molecule has 0 atom stereocenters. The summed E-state index contributed by atoms with van der Waals surface area (Å²) >= 11 is 1.32. The minimum absolute atomic E-state index is 0.0328. The van der Waals surface area contributed by atoms with Crippen molar-refractivity contribution in [2.24, 2.45) is 0 Å². The predicted molar refractivity (Wildman–Crippen MR) is 108 cm³/mol. The molecule has 0 spiro atoms. The molecule has 0 saturated carbocycles. The molecular weight excluding hydrogens is 348 g/mol. The molecule has 1 N–H and O–H groups in total. The van der Waals surface area contributed by atoms with E-state index < -0.39 is 0 Å². The van der Waals surface area contributed by atoms with E-state index in [-0.39, 0.29) is 17.2 Å². The Morgan fingerprint density at radius 2 is 1.96 bits per heavy atom. The Kier molecular flexibility index (Phi) is 8.12. The normalized spacial score (nSPS) is 11.2. The molecule has 1 amide bonds. The van der Waals surface area contributed by atoms with Crippen molar-refractivity contribution in [3.8, 4) is 0 Å². The lowest BCUT2D eigenvalue weighted by molar-refractivity contribution is -0.118. The van der Waals surface area contributed by atoms with Crippen LogP contribution < -0.4 is 10.9 Å². The van der Waals surface area contributed by atoms with E-state index >= 15 is 0 Å². The Bertz CT molecular complexity index is 787. The summed E-state index contributed by atoms with van der Waals surface area (Å²) in [7, 11) is 0.